The van der Waals surface area contributed by atoms with Crippen LogP contribution in [0, 0.1) is 17.8 Å². The molecule has 1 aromatic carbocycles. The first-order chi connectivity index (χ1) is 27.6. The van der Waals surface area contributed by atoms with E-state index in [-0.39, 0.29) is 54.8 Å². The van der Waals surface area contributed by atoms with E-state index in [2.05, 4.69) is 20.2 Å². The molecule has 0 radical (unpaired) electrons. The molecule has 4 amide bonds. The summed E-state index contributed by atoms with van der Waals surface area (Å²) in [6.07, 6.45) is -2.75. The average Bonchev–Trinajstić information content (AvgIpc) is 4.04. The average molecular weight is 851 g/mol. The van der Waals surface area contributed by atoms with Crippen LogP contribution >= 0.6 is 0 Å². The first kappa shape index (κ1) is 43.9. The molecule has 2 aromatic rings. The van der Waals surface area contributed by atoms with E-state index in [0.29, 0.717) is 56.9 Å². The SMILES string of the molecule is CCOc1nnc(O[C@@H]2C[C@H]3C(=O)N[C@]4(C(=O)NS(=O)(=O)C5(C)CC5)C[C@H]4C=CCC[C@@H](C)C[C@@H](CC)[C@H](N(C(=O)O)C(C)(C)C(F)(F)F)C(=O)N3C2)c2ccccc12. The largest absolute Gasteiger partial charge is 0.476 e. The highest BCUT2D eigenvalue weighted by atomic mass is 32.2. The third-order valence-corrected chi connectivity index (χ3v) is 14.7. The van der Waals surface area contributed by atoms with Crippen LogP contribution in [0.2, 0.25) is 0 Å². The molecule has 2 saturated carbocycles. The molecule has 1 saturated heterocycles. The molecule has 0 unspecified atom stereocenters. The maximum atomic E-state index is 15.1. The van der Waals surface area contributed by atoms with Gasteiger partial charge in [-0.15, -0.1) is 10.2 Å². The Kier molecular flexibility index (Phi) is 11.9. The second-order valence-corrected chi connectivity index (χ2v) is 19.3. The molecule has 2 aliphatic heterocycles. The lowest BCUT2D eigenvalue weighted by molar-refractivity contribution is -0.222. The second-order valence-electron chi connectivity index (χ2n) is 17.1. The Hall–Kier alpha value is -4.68. The van der Waals surface area contributed by atoms with Crippen LogP contribution in [-0.4, -0.2) is 111 Å². The van der Waals surface area contributed by atoms with Gasteiger partial charge in [0.15, 0.2) is 0 Å². The number of halogens is 3. The summed E-state index contributed by atoms with van der Waals surface area (Å²) in [4.78, 5) is 58.0. The van der Waals surface area contributed by atoms with E-state index in [1.165, 1.54) is 6.92 Å². The number of alkyl halides is 3. The highest BCUT2D eigenvalue weighted by Crippen LogP contribution is 2.48. The number of sulfonamides is 1. The number of hydrogen-bond acceptors (Lipinski definition) is 10. The van der Waals surface area contributed by atoms with Crippen LogP contribution in [0.1, 0.15) is 92.9 Å². The van der Waals surface area contributed by atoms with Crippen LogP contribution in [0.25, 0.3) is 10.8 Å². The first-order valence-corrected chi connectivity index (χ1v) is 21.6. The molecular weight excluding hydrogens is 798 g/mol. The molecule has 4 aliphatic rings. The van der Waals surface area contributed by atoms with E-state index in [0.717, 1.165) is 4.90 Å². The van der Waals surface area contributed by atoms with Crippen molar-refractivity contribution in [2.24, 2.45) is 17.8 Å². The van der Waals surface area contributed by atoms with Gasteiger partial charge in [0.2, 0.25) is 33.6 Å². The van der Waals surface area contributed by atoms with Crippen molar-refractivity contribution in [1.29, 1.82) is 0 Å². The number of nitrogens with one attached hydrogen (secondary N) is 2. The summed E-state index contributed by atoms with van der Waals surface area (Å²) in [6, 6.07) is 3.56. The zero-order chi connectivity index (χ0) is 43.3. The molecular formula is C40H53F3N6O9S. The number of benzene rings is 1. The van der Waals surface area contributed by atoms with Gasteiger partial charge >= 0.3 is 12.3 Å². The predicted octanol–water partition coefficient (Wildman–Crippen LogP) is 5.34. The summed E-state index contributed by atoms with van der Waals surface area (Å²) in [5.74, 6) is -4.32. The van der Waals surface area contributed by atoms with Crippen LogP contribution in [0.4, 0.5) is 18.0 Å². The molecule has 6 rings (SSSR count). The van der Waals surface area contributed by atoms with Crippen molar-refractivity contribution in [1.82, 2.24) is 30.0 Å². The van der Waals surface area contributed by atoms with Gasteiger partial charge in [0, 0.05) is 12.3 Å². The summed E-state index contributed by atoms with van der Waals surface area (Å²) in [5.41, 5.74) is -4.77. The highest BCUT2D eigenvalue weighted by molar-refractivity contribution is 7.91. The first-order valence-electron chi connectivity index (χ1n) is 20.1. The fraction of sp³-hybridized carbons (Fsp3) is 0.650. The number of hydrogen-bond donors (Lipinski definition) is 3. The molecule has 2 aliphatic carbocycles. The van der Waals surface area contributed by atoms with Crippen LogP contribution < -0.4 is 19.5 Å². The second kappa shape index (κ2) is 16.1. The topological polar surface area (TPSA) is 197 Å². The third kappa shape index (κ3) is 8.40. The smallest absolute Gasteiger partial charge is 0.411 e. The lowest BCUT2D eigenvalue weighted by Crippen LogP contribution is -2.66. The van der Waals surface area contributed by atoms with E-state index in [1.807, 2.05) is 13.0 Å². The van der Waals surface area contributed by atoms with Gasteiger partial charge in [-0.25, -0.2) is 13.2 Å². The number of fused-ring (bicyclic) bond motifs is 3. The van der Waals surface area contributed by atoms with Crippen LogP contribution in [0.3, 0.4) is 0 Å². The fourth-order valence-corrected chi connectivity index (χ4v) is 9.63. The molecule has 3 fully saturated rings. The lowest BCUT2D eigenvalue weighted by atomic mass is 9.82. The van der Waals surface area contributed by atoms with E-state index in [9.17, 15) is 41.1 Å². The summed E-state index contributed by atoms with van der Waals surface area (Å²) >= 11 is 0. The summed E-state index contributed by atoms with van der Waals surface area (Å²) < 4.78 is 83.8. The predicted molar refractivity (Wildman–Crippen MR) is 209 cm³/mol. The van der Waals surface area contributed by atoms with Crippen molar-refractivity contribution < 1.29 is 55.3 Å². The maximum Gasteiger partial charge on any atom is 0.411 e. The Bertz CT molecular complexity index is 2110. The fourth-order valence-electron chi connectivity index (χ4n) is 8.31. The van der Waals surface area contributed by atoms with E-state index >= 15 is 4.79 Å². The van der Waals surface area contributed by atoms with Gasteiger partial charge in [-0.1, -0.05) is 44.6 Å². The maximum absolute atomic E-state index is 15.1. The van der Waals surface area contributed by atoms with Crippen molar-refractivity contribution in [3.63, 3.8) is 0 Å². The van der Waals surface area contributed by atoms with Crippen molar-refractivity contribution in [3.8, 4) is 11.8 Å². The van der Waals surface area contributed by atoms with Gasteiger partial charge in [-0.05, 0) is 90.2 Å². The number of rotatable bonds is 10. The van der Waals surface area contributed by atoms with Crippen molar-refractivity contribution in [2.45, 2.75) is 133 Å². The molecule has 324 valence electrons. The zero-order valence-corrected chi connectivity index (χ0v) is 34.9. The molecule has 0 bridgehead atoms. The van der Waals surface area contributed by atoms with Crippen molar-refractivity contribution in [2.75, 3.05) is 13.2 Å². The van der Waals surface area contributed by atoms with E-state index < -0.39 is 85.9 Å². The molecule has 0 spiro atoms. The number of carboxylic acid groups (broad SMARTS) is 1. The van der Waals surface area contributed by atoms with Crippen LogP contribution in [-0.2, 0) is 24.4 Å². The van der Waals surface area contributed by atoms with E-state index in [1.54, 1.807) is 44.2 Å². The Labute approximate surface area is 341 Å². The van der Waals surface area contributed by atoms with Gasteiger partial charge < -0.3 is 24.8 Å². The number of allylic oxidation sites excluding steroid dienone is 1. The Balaban J connectivity index is 1.44. The Morgan fingerprint density at radius 1 is 1.08 bits per heavy atom. The van der Waals surface area contributed by atoms with Gasteiger partial charge in [0.25, 0.3) is 5.91 Å². The molecule has 1 aromatic heterocycles. The molecule has 59 heavy (non-hydrogen) atoms. The minimum Gasteiger partial charge on any atom is -0.476 e. The zero-order valence-electron chi connectivity index (χ0n) is 34.0. The van der Waals surface area contributed by atoms with Crippen molar-refractivity contribution in [3.05, 3.63) is 36.4 Å². The van der Waals surface area contributed by atoms with Gasteiger partial charge in [0.05, 0.1) is 28.7 Å². The Morgan fingerprint density at radius 3 is 2.32 bits per heavy atom. The minimum atomic E-state index is -5.10. The summed E-state index contributed by atoms with van der Waals surface area (Å²) in [6.45, 7) is 8.16. The van der Waals surface area contributed by atoms with Gasteiger partial charge in [0.1, 0.15) is 29.3 Å². The summed E-state index contributed by atoms with van der Waals surface area (Å²) in [7, 11) is -4.13. The quantitative estimate of drug-likeness (QED) is 0.261. The monoisotopic (exact) mass is 850 g/mol. The molecule has 7 atom stereocenters. The minimum absolute atomic E-state index is 0.0221. The molecule has 19 heteroatoms. The Morgan fingerprint density at radius 2 is 1.73 bits per heavy atom. The number of carbonyl (C=O) groups excluding carboxylic acids is 3. The number of carbonyl (C=O) groups is 4. The normalized spacial score (nSPS) is 28.7. The number of amides is 4. The summed E-state index contributed by atoms with van der Waals surface area (Å²) in [5, 5.41) is 22.7. The van der Waals surface area contributed by atoms with E-state index in [4.69, 9.17) is 9.47 Å². The highest BCUT2D eigenvalue weighted by Gasteiger charge is 2.64. The van der Waals surface area contributed by atoms with Gasteiger partial charge in [-0.2, -0.15) is 13.2 Å². The van der Waals surface area contributed by atoms with Crippen LogP contribution in [0.15, 0.2) is 36.4 Å². The number of nitrogens with zero attached hydrogens (tertiary/aromatic N) is 4. The molecule has 3 heterocycles. The third-order valence-electron chi connectivity index (χ3n) is 12.5. The lowest BCUT2D eigenvalue weighted by Gasteiger charge is -2.46. The van der Waals surface area contributed by atoms with Crippen molar-refractivity contribution >= 4 is 44.6 Å². The number of aromatic nitrogens is 2. The molecule has 15 nitrogen and oxygen atoms in total. The van der Waals surface area contributed by atoms with Crippen LogP contribution in [0.5, 0.6) is 11.8 Å². The molecule has 3 N–H and O–H groups in total. The van der Waals surface area contributed by atoms with Gasteiger partial charge in [-0.3, -0.25) is 24.0 Å². The number of ether oxygens (including phenoxy) is 2. The standard InChI is InChI=1S/C40H53F3N6O9S/c1-7-24-19-23(3)13-9-10-14-25-21-39(25,35(52)47-59(55,56)38(6)17-18-38)44-31(50)29-20-26(58-33-28-16-12-11-15-27(28)32(45-46-33)57-8-2)22-48(29)34(51)30(24)49(36(53)54)37(4,5)40(41,42)43/h10-12,14-16,23-26,29-30H,7-9,13,17-22H2,1-6H3,(H,44,50)(H,47,52)(H,53,54)/t23-,24-,25-,26-,29+,30+,39-/m1/s1.